The third kappa shape index (κ3) is 2.03. The number of nitrogens with zero attached hydrogens (tertiary/aromatic N) is 1. The number of carbonyl (C=O) groups excluding carboxylic acids is 1. The van der Waals surface area contributed by atoms with Crippen molar-refractivity contribution in [1.29, 1.82) is 5.26 Å². The van der Waals surface area contributed by atoms with Gasteiger partial charge in [0, 0.05) is 5.41 Å². The van der Waals surface area contributed by atoms with Crippen LogP contribution in [0.15, 0.2) is 23.3 Å². The Morgan fingerprint density at radius 1 is 1.11 bits per heavy atom. The molecule has 0 aliphatic heterocycles. The molecule has 144 valence electrons. The summed E-state index contributed by atoms with van der Waals surface area (Å²) < 4.78 is 0. The Balaban J connectivity index is 1.63. The van der Waals surface area contributed by atoms with E-state index in [1.807, 2.05) is 0 Å². The molecule has 27 heavy (non-hydrogen) atoms. The number of hydrogen-bond acceptors (Lipinski definition) is 3. The zero-order valence-electron chi connectivity index (χ0n) is 16.6. The number of Topliss-reactive ketones (excluding diaryl/α,β-unsaturated/α-hetero) is 1. The van der Waals surface area contributed by atoms with Crippen LogP contribution in [0.25, 0.3) is 0 Å². The second kappa shape index (κ2) is 5.57. The molecule has 0 aromatic heterocycles. The first-order valence-corrected chi connectivity index (χ1v) is 10.9. The third-order valence-corrected chi connectivity index (χ3v) is 9.55. The maximum absolute atomic E-state index is 13.2. The summed E-state index contributed by atoms with van der Waals surface area (Å²) in [7, 11) is 0. The molecule has 0 saturated heterocycles. The average Bonchev–Trinajstić information content (AvgIpc) is 3.25. The predicted molar refractivity (Wildman–Crippen MR) is 103 cm³/mol. The van der Waals surface area contributed by atoms with Gasteiger partial charge in [-0.15, -0.1) is 0 Å². The predicted octanol–water partition coefficient (Wildman–Crippen LogP) is 4.72. The summed E-state index contributed by atoms with van der Waals surface area (Å²) in [6, 6.07) is 2.26. The van der Waals surface area contributed by atoms with Crippen molar-refractivity contribution in [1.82, 2.24) is 0 Å². The first kappa shape index (κ1) is 17.7. The zero-order valence-corrected chi connectivity index (χ0v) is 16.6. The first-order valence-electron chi connectivity index (χ1n) is 10.9. The molecule has 5 aliphatic carbocycles. The molecular weight excluding hydrogens is 334 g/mol. The van der Waals surface area contributed by atoms with E-state index in [9.17, 15) is 15.2 Å². The standard InChI is InChI=1S/C24H31NO2/c1-22-12-9-18-16(17(22)6-8-20(22)26)5-7-19-23(18,2)13-15(14-25)21(27)24(19)10-3-4-11-24/h7,13,16-18,20,26H,3-6,8-12H2,1-2H3. The van der Waals surface area contributed by atoms with Gasteiger partial charge in [-0.2, -0.15) is 5.26 Å². The maximum Gasteiger partial charge on any atom is 0.183 e. The zero-order chi connectivity index (χ0) is 19.0. The van der Waals surface area contributed by atoms with Gasteiger partial charge in [-0.25, -0.2) is 0 Å². The molecule has 0 aromatic carbocycles. The highest BCUT2D eigenvalue weighted by Gasteiger charge is 2.62. The molecule has 5 aliphatic rings. The van der Waals surface area contributed by atoms with Gasteiger partial charge in [0.2, 0.25) is 0 Å². The molecule has 3 nitrogen and oxygen atoms in total. The van der Waals surface area contributed by atoms with Crippen molar-refractivity contribution in [2.75, 3.05) is 0 Å². The van der Waals surface area contributed by atoms with Crippen LogP contribution in [-0.4, -0.2) is 17.0 Å². The summed E-state index contributed by atoms with van der Waals surface area (Å²) in [6.45, 7) is 4.61. The Morgan fingerprint density at radius 3 is 2.56 bits per heavy atom. The number of nitriles is 1. The summed E-state index contributed by atoms with van der Waals surface area (Å²) in [6.07, 6.45) is 13.6. The molecule has 6 atom stereocenters. The van der Waals surface area contributed by atoms with Crippen LogP contribution < -0.4 is 0 Å². The van der Waals surface area contributed by atoms with E-state index in [0.29, 0.717) is 23.3 Å². The van der Waals surface area contributed by atoms with E-state index < -0.39 is 5.41 Å². The number of aliphatic hydroxyl groups excluding tert-OH is 1. The van der Waals surface area contributed by atoms with Gasteiger partial charge in [-0.05, 0) is 68.1 Å². The number of hydrogen-bond donors (Lipinski definition) is 1. The fraction of sp³-hybridized carbons (Fsp3) is 0.750. The number of aliphatic hydroxyl groups is 1. The summed E-state index contributed by atoms with van der Waals surface area (Å²) >= 11 is 0. The Bertz CT molecular complexity index is 796. The molecule has 3 fully saturated rings. The summed E-state index contributed by atoms with van der Waals surface area (Å²) in [5, 5.41) is 20.4. The smallest absolute Gasteiger partial charge is 0.183 e. The second-order valence-electron chi connectivity index (χ2n) is 10.4. The van der Waals surface area contributed by atoms with Gasteiger partial charge in [-0.1, -0.05) is 44.4 Å². The van der Waals surface area contributed by atoms with Crippen LogP contribution in [0.4, 0.5) is 0 Å². The first-order chi connectivity index (χ1) is 12.9. The van der Waals surface area contributed by atoms with Gasteiger partial charge >= 0.3 is 0 Å². The molecule has 0 aromatic rings. The molecule has 6 unspecified atom stereocenters. The lowest BCUT2D eigenvalue weighted by molar-refractivity contribution is -0.125. The SMILES string of the molecule is CC12C=C(C#N)C(=O)C3(CCCC3)C1=CCC1C2CCC2(C)C(O)CCC12. The van der Waals surface area contributed by atoms with Crippen molar-refractivity contribution in [3.63, 3.8) is 0 Å². The van der Waals surface area contributed by atoms with Crippen molar-refractivity contribution >= 4 is 5.78 Å². The van der Waals surface area contributed by atoms with Crippen LogP contribution in [0.2, 0.25) is 0 Å². The number of fused-ring (bicyclic) bond motifs is 6. The van der Waals surface area contributed by atoms with Crippen molar-refractivity contribution in [2.24, 2.45) is 34.0 Å². The van der Waals surface area contributed by atoms with Gasteiger partial charge in [-0.3, -0.25) is 4.79 Å². The lowest BCUT2D eigenvalue weighted by atomic mass is 9.45. The van der Waals surface area contributed by atoms with Gasteiger partial charge in [0.1, 0.15) is 6.07 Å². The number of rotatable bonds is 0. The highest BCUT2D eigenvalue weighted by atomic mass is 16.3. The normalized spacial score (nSPS) is 47.6. The van der Waals surface area contributed by atoms with E-state index in [1.54, 1.807) is 0 Å². The van der Waals surface area contributed by atoms with Crippen LogP contribution in [0, 0.1) is 45.3 Å². The summed E-state index contributed by atoms with van der Waals surface area (Å²) in [4.78, 5) is 13.2. The van der Waals surface area contributed by atoms with E-state index in [1.165, 1.54) is 5.57 Å². The van der Waals surface area contributed by atoms with E-state index >= 15 is 0 Å². The van der Waals surface area contributed by atoms with Crippen LogP contribution in [0.5, 0.6) is 0 Å². The number of carbonyl (C=O) groups is 1. The minimum absolute atomic E-state index is 0.0557. The van der Waals surface area contributed by atoms with Crippen LogP contribution >= 0.6 is 0 Å². The molecule has 0 heterocycles. The fourth-order valence-electron chi connectivity index (χ4n) is 8.21. The Hall–Kier alpha value is -1.40. The van der Waals surface area contributed by atoms with Crippen molar-refractivity contribution in [3.05, 3.63) is 23.3 Å². The molecular formula is C24H31NO2. The lowest BCUT2D eigenvalue weighted by Crippen LogP contribution is -2.53. The van der Waals surface area contributed by atoms with Gasteiger partial charge < -0.3 is 5.11 Å². The van der Waals surface area contributed by atoms with Gasteiger partial charge in [0.15, 0.2) is 5.78 Å². The molecule has 0 amide bonds. The van der Waals surface area contributed by atoms with E-state index in [4.69, 9.17) is 0 Å². The molecule has 1 spiro atoms. The van der Waals surface area contributed by atoms with Gasteiger partial charge in [0.05, 0.1) is 17.1 Å². The molecule has 3 saturated carbocycles. The Labute approximate surface area is 162 Å². The van der Waals surface area contributed by atoms with Crippen LogP contribution in [-0.2, 0) is 4.79 Å². The van der Waals surface area contributed by atoms with Crippen molar-refractivity contribution in [3.8, 4) is 6.07 Å². The monoisotopic (exact) mass is 365 g/mol. The Morgan fingerprint density at radius 2 is 1.85 bits per heavy atom. The second-order valence-corrected chi connectivity index (χ2v) is 10.4. The largest absolute Gasteiger partial charge is 0.393 e. The van der Waals surface area contributed by atoms with Gasteiger partial charge in [0.25, 0.3) is 0 Å². The van der Waals surface area contributed by atoms with E-state index in [2.05, 4.69) is 32.1 Å². The fourth-order valence-corrected chi connectivity index (χ4v) is 8.21. The third-order valence-electron chi connectivity index (χ3n) is 9.55. The quantitative estimate of drug-likeness (QED) is 0.632. The molecule has 0 bridgehead atoms. The lowest BCUT2D eigenvalue weighted by Gasteiger charge is -2.58. The van der Waals surface area contributed by atoms with Crippen LogP contribution in [0.3, 0.4) is 0 Å². The molecule has 5 rings (SSSR count). The highest BCUT2D eigenvalue weighted by Crippen LogP contribution is 2.67. The van der Waals surface area contributed by atoms with Crippen molar-refractivity contribution in [2.45, 2.75) is 77.7 Å². The Kier molecular flexibility index (Phi) is 3.65. The maximum atomic E-state index is 13.2. The van der Waals surface area contributed by atoms with E-state index in [-0.39, 0.29) is 22.7 Å². The molecule has 1 N–H and O–H groups in total. The number of ketones is 1. The van der Waals surface area contributed by atoms with E-state index in [0.717, 1.165) is 57.8 Å². The minimum Gasteiger partial charge on any atom is -0.393 e. The average molecular weight is 366 g/mol. The summed E-state index contributed by atoms with van der Waals surface area (Å²) in [5.74, 6) is 1.73. The topological polar surface area (TPSA) is 61.1 Å². The number of allylic oxidation sites excluding steroid dienone is 4. The molecule has 0 radical (unpaired) electrons. The summed E-state index contributed by atoms with van der Waals surface area (Å²) in [5.41, 5.74) is 1.26. The van der Waals surface area contributed by atoms with Crippen LogP contribution in [0.1, 0.15) is 71.6 Å². The highest BCUT2D eigenvalue weighted by molar-refractivity contribution is 6.07. The van der Waals surface area contributed by atoms with Crippen molar-refractivity contribution < 1.29 is 9.90 Å². The molecule has 3 heteroatoms. The minimum atomic E-state index is -0.393.